The molecule has 1 fully saturated rings. The lowest BCUT2D eigenvalue weighted by atomic mass is 9.88. The lowest BCUT2D eigenvalue weighted by Crippen LogP contribution is -2.46. The van der Waals surface area contributed by atoms with Gasteiger partial charge in [0.15, 0.2) is 0 Å². The van der Waals surface area contributed by atoms with Crippen LogP contribution in [0.2, 0.25) is 0 Å². The second-order valence-electron chi connectivity index (χ2n) is 7.14. The van der Waals surface area contributed by atoms with Crippen molar-refractivity contribution in [2.45, 2.75) is 38.4 Å². The molecular weight excluding hydrogens is 350 g/mol. The molecule has 1 aromatic carbocycles. The molecule has 2 aromatic rings. The first-order valence-electron chi connectivity index (χ1n) is 8.67. The number of rotatable bonds is 5. The van der Waals surface area contributed by atoms with Crippen LogP contribution in [0, 0.1) is 12.8 Å². The molecule has 4 N–H and O–H groups in total. The Labute approximate surface area is 155 Å². The minimum Gasteiger partial charge on any atom is -0.480 e. The molecule has 1 amide bonds. The fraction of sp³-hybridized carbons (Fsp3) is 0.444. The van der Waals surface area contributed by atoms with Crippen LogP contribution in [0.15, 0.2) is 29.1 Å². The zero-order chi connectivity index (χ0) is 19.8. The summed E-state index contributed by atoms with van der Waals surface area (Å²) in [5, 5.41) is 18.5. The second-order valence-corrected chi connectivity index (χ2v) is 7.14. The molecule has 27 heavy (non-hydrogen) atoms. The van der Waals surface area contributed by atoms with E-state index in [1.54, 1.807) is 18.9 Å². The summed E-state index contributed by atoms with van der Waals surface area (Å²) in [5.74, 6) is -1.48. The molecule has 0 saturated carbocycles. The van der Waals surface area contributed by atoms with E-state index in [-0.39, 0.29) is 24.9 Å². The highest BCUT2D eigenvalue weighted by Crippen LogP contribution is 2.46. The number of hydrogen-bond acceptors (Lipinski definition) is 5. The number of amides is 1. The summed E-state index contributed by atoms with van der Waals surface area (Å²) in [4.78, 5) is 40.2. The van der Waals surface area contributed by atoms with E-state index in [0.717, 1.165) is 11.1 Å². The van der Waals surface area contributed by atoms with Crippen molar-refractivity contribution in [3.63, 3.8) is 0 Å². The van der Waals surface area contributed by atoms with Gasteiger partial charge in [-0.25, -0.2) is 9.89 Å². The molecule has 9 heteroatoms. The molecule has 144 valence electrons. The number of aromatic nitrogens is 3. The zero-order valence-electron chi connectivity index (χ0n) is 15.4. The topological polar surface area (TPSA) is 131 Å². The van der Waals surface area contributed by atoms with Crippen molar-refractivity contribution in [2.24, 2.45) is 5.92 Å². The average molecular weight is 373 g/mol. The Morgan fingerprint density at radius 3 is 2.70 bits per heavy atom. The van der Waals surface area contributed by atoms with Gasteiger partial charge >= 0.3 is 11.7 Å². The van der Waals surface area contributed by atoms with Gasteiger partial charge in [-0.3, -0.25) is 19.5 Å². The van der Waals surface area contributed by atoms with Crippen molar-refractivity contribution >= 4 is 11.9 Å². The van der Waals surface area contributed by atoms with Crippen LogP contribution >= 0.6 is 0 Å². The molecule has 2 heterocycles. The largest absolute Gasteiger partial charge is 0.480 e. The minimum atomic E-state index is -1.16. The standard InChI is InChI=1S/C18H23N5O4/c1-10-6-4-5-7-11(10)14-12(8-18(2,16(25)26)23(14)3)15(24)19-9-13-20-17(27)22-21-13/h4-7,12,14H,8-9H2,1-3H3,(H,19,24)(H,25,26)(H2,20,21,22,27)/t12-,14-,18-/m1/s1. The van der Waals surface area contributed by atoms with Crippen LogP contribution in [0.25, 0.3) is 0 Å². The summed E-state index contributed by atoms with van der Waals surface area (Å²) in [6.45, 7) is 3.64. The number of aryl methyl sites for hydroxylation is 1. The molecule has 0 bridgehead atoms. The van der Waals surface area contributed by atoms with E-state index in [9.17, 15) is 19.5 Å². The van der Waals surface area contributed by atoms with E-state index in [4.69, 9.17) is 0 Å². The predicted molar refractivity (Wildman–Crippen MR) is 96.9 cm³/mol. The highest BCUT2D eigenvalue weighted by atomic mass is 16.4. The number of benzene rings is 1. The van der Waals surface area contributed by atoms with Gasteiger partial charge in [0.1, 0.15) is 11.4 Å². The first-order chi connectivity index (χ1) is 12.7. The highest BCUT2D eigenvalue weighted by Gasteiger charge is 2.54. The lowest BCUT2D eigenvalue weighted by Gasteiger charge is -2.32. The van der Waals surface area contributed by atoms with E-state index < -0.39 is 23.1 Å². The summed E-state index contributed by atoms with van der Waals surface area (Å²) in [7, 11) is 1.74. The SMILES string of the molecule is Cc1ccccc1[C@@H]1[C@H](C(=O)NCc2n[nH]c(=O)[nH]2)C[C@](C)(C(=O)O)N1C. The van der Waals surface area contributed by atoms with Crippen LogP contribution in [0.4, 0.5) is 0 Å². The zero-order valence-corrected chi connectivity index (χ0v) is 15.4. The Morgan fingerprint density at radius 2 is 2.11 bits per heavy atom. The molecule has 0 aliphatic carbocycles. The quantitative estimate of drug-likeness (QED) is 0.606. The smallest absolute Gasteiger partial charge is 0.340 e. The van der Waals surface area contributed by atoms with Crippen LogP contribution in [0.5, 0.6) is 0 Å². The number of carbonyl (C=O) groups excluding carboxylic acids is 1. The summed E-state index contributed by atoms with van der Waals surface area (Å²) < 4.78 is 0. The molecule has 1 aliphatic rings. The maximum atomic E-state index is 12.9. The number of carboxylic acids is 1. The number of carboxylic acid groups (broad SMARTS) is 1. The van der Waals surface area contributed by atoms with E-state index in [0.29, 0.717) is 5.82 Å². The molecule has 1 aromatic heterocycles. The minimum absolute atomic E-state index is 0.0576. The van der Waals surface area contributed by atoms with Gasteiger partial charge < -0.3 is 10.4 Å². The molecular formula is C18H23N5O4. The van der Waals surface area contributed by atoms with E-state index in [1.165, 1.54) is 0 Å². The van der Waals surface area contributed by atoms with Crippen molar-refractivity contribution < 1.29 is 14.7 Å². The molecule has 0 spiro atoms. The Hall–Kier alpha value is -2.94. The summed E-state index contributed by atoms with van der Waals surface area (Å²) in [6.07, 6.45) is 0.181. The molecule has 9 nitrogen and oxygen atoms in total. The van der Waals surface area contributed by atoms with Gasteiger partial charge in [0.25, 0.3) is 0 Å². The number of aliphatic carboxylic acids is 1. The van der Waals surface area contributed by atoms with E-state index in [2.05, 4.69) is 20.5 Å². The molecule has 3 rings (SSSR count). The molecule has 1 saturated heterocycles. The Morgan fingerprint density at radius 1 is 1.41 bits per heavy atom. The van der Waals surface area contributed by atoms with Crippen LogP contribution in [-0.2, 0) is 16.1 Å². The Bertz CT molecular complexity index is 920. The maximum absolute atomic E-state index is 12.9. The Balaban J connectivity index is 1.90. The summed E-state index contributed by atoms with van der Waals surface area (Å²) in [6, 6.07) is 7.30. The van der Waals surface area contributed by atoms with E-state index in [1.807, 2.05) is 31.2 Å². The molecule has 0 radical (unpaired) electrons. The van der Waals surface area contributed by atoms with Crippen molar-refractivity contribution in [3.05, 3.63) is 51.7 Å². The van der Waals surface area contributed by atoms with Gasteiger partial charge in [-0.05, 0) is 38.4 Å². The van der Waals surface area contributed by atoms with Gasteiger partial charge in [-0.15, -0.1) is 0 Å². The van der Waals surface area contributed by atoms with Crippen LogP contribution in [-0.4, -0.2) is 49.7 Å². The van der Waals surface area contributed by atoms with Crippen LogP contribution < -0.4 is 11.0 Å². The summed E-state index contributed by atoms with van der Waals surface area (Å²) >= 11 is 0. The van der Waals surface area contributed by atoms with Gasteiger partial charge in [-0.2, -0.15) is 5.10 Å². The molecule has 0 unspecified atom stereocenters. The number of likely N-dealkylation sites (tertiary alicyclic amines) is 1. The number of hydrogen-bond donors (Lipinski definition) is 4. The van der Waals surface area contributed by atoms with Crippen molar-refractivity contribution in [1.29, 1.82) is 0 Å². The third-order valence-corrected chi connectivity index (χ3v) is 5.48. The monoisotopic (exact) mass is 373 g/mol. The van der Waals surface area contributed by atoms with Crippen molar-refractivity contribution in [1.82, 2.24) is 25.4 Å². The van der Waals surface area contributed by atoms with Crippen LogP contribution in [0.1, 0.15) is 36.3 Å². The fourth-order valence-corrected chi connectivity index (χ4v) is 3.77. The predicted octanol–water partition coefficient (Wildman–Crippen LogP) is 0.559. The van der Waals surface area contributed by atoms with E-state index >= 15 is 0 Å². The average Bonchev–Trinajstić information content (AvgIpc) is 3.16. The number of nitrogens with one attached hydrogen (secondary N) is 3. The molecule has 3 atom stereocenters. The third-order valence-electron chi connectivity index (χ3n) is 5.48. The number of carbonyl (C=O) groups is 2. The fourth-order valence-electron chi connectivity index (χ4n) is 3.77. The number of nitrogens with zero attached hydrogens (tertiary/aromatic N) is 2. The number of aromatic amines is 2. The first kappa shape index (κ1) is 18.8. The van der Waals surface area contributed by atoms with Crippen molar-refractivity contribution in [3.8, 4) is 0 Å². The maximum Gasteiger partial charge on any atom is 0.340 e. The molecule has 1 aliphatic heterocycles. The van der Waals surface area contributed by atoms with Gasteiger partial charge in [-0.1, -0.05) is 24.3 Å². The number of H-pyrrole nitrogens is 2. The lowest BCUT2D eigenvalue weighted by molar-refractivity contribution is -0.148. The number of likely N-dealkylation sites (N-methyl/N-ethyl adjacent to an activating group) is 1. The summed E-state index contributed by atoms with van der Waals surface area (Å²) in [5.41, 5.74) is 0.322. The second kappa shape index (κ2) is 6.99. The van der Waals surface area contributed by atoms with Gasteiger partial charge in [0.2, 0.25) is 5.91 Å². The van der Waals surface area contributed by atoms with Crippen LogP contribution in [0.3, 0.4) is 0 Å². The van der Waals surface area contributed by atoms with Gasteiger partial charge in [0.05, 0.1) is 12.5 Å². The Kier molecular flexibility index (Phi) is 4.88. The highest BCUT2D eigenvalue weighted by molar-refractivity contribution is 5.85. The third kappa shape index (κ3) is 3.37. The van der Waals surface area contributed by atoms with Crippen molar-refractivity contribution in [2.75, 3.05) is 7.05 Å². The first-order valence-corrected chi connectivity index (χ1v) is 8.67. The van der Waals surface area contributed by atoms with Gasteiger partial charge in [0, 0.05) is 6.04 Å². The normalized spacial score (nSPS) is 25.4.